The van der Waals surface area contributed by atoms with Gasteiger partial charge in [-0.2, -0.15) is 0 Å². The van der Waals surface area contributed by atoms with Gasteiger partial charge in [0.05, 0.1) is 0 Å². The molecule has 2 amide bonds. The number of carbonyl (C=O) groups is 3. The second-order valence-corrected chi connectivity index (χ2v) is 4.22. The molecule has 0 fully saturated rings. The summed E-state index contributed by atoms with van der Waals surface area (Å²) >= 11 is 0. The van der Waals surface area contributed by atoms with Gasteiger partial charge in [0.1, 0.15) is 11.6 Å². The summed E-state index contributed by atoms with van der Waals surface area (Å²) in [6.45, 7) is 4.92. The number of nitrogens with one attached hydrogen (secondary N) is 1. The van der Waals surface area contributed by atoms with Crippen molar-refractivity contribution in [1.82, 2.24) is 5.32 Å². The predicted octanol–water partition coefficient (Wildman–Crippen LogP) is 0.00580. The molecule has 0 aliphatic carbocycles. The highest BCUT2D eigenvalue weighted by Gasteiger charge is 2.21. The Bertz CT molecular complexity index is 343. The van der Waals surface area contributed by atoms with Gasteiger partial charge >= 0.3 is 12.1 Å². The molecule has 17 heavy (non-hydrogen) atoms. The first-order valence-electron chi connectivity index (χ1n) is 4.82. The van der Waals surface area contributed by atoms with E-state index < -0.39 is 29.6 Å². The summed E-state index contributed by atoms with van der Waals surface area (Å²) in [5.41, 5.74) is 4.08. The third-order valence-electron chi connectivity index (χ3n) is 1.39. The van der Waals surface area contributed by atoms with E-state index in [1.165, 1.54) is 0 Å². The summed E-state index contributed by atoms with van der Waals surface area (Å²) in [4.78, 5) is 32.5. The van der Waals surface area contributed by atoms with Crippen LogP contribution in [0, 0.1) is 0 Å². The molecular formula is C10H16N2O5. The zero-order valence-electron chi connectivity index (χ0n) is 9.89. The van der Waals surface area contributed by atoms with Crippen LogP contribution in [0.2, 0.25) is 0 Å². The predicted molar refractivity (Wildman–Crippen MR) is 59.1 cm³/mol. The lowest BCUT2D eigenvalue weighted by Crippen LogP contribution is -2.42. The molecule has 0 saturated carbocycles. The third kappa shape index (κ3) is 7.83. The van der Waals surface area contributed by atoms with Gasteiger partial charge in [0.15, 0.2) is 0 Å². The highest BCUT2D eigenvalue weighted by atomic mass is 16.6. The van der Waals surface area contributed by atoms with Gasteiger partial charge < -0.3 is 20.9 Å². The third-order valence-corrected chi connectivity index (χ3v) is 1.39. The van der Waals surface area contributed by atoms with Gasteiger partial charge in [0.2, 0.25) is 5.91 Å². The first-order valence-corrected chi connectivity index (χ1v) is 4.82. The molecule has 0 aromatic rings. The Balaban J connectivity index is 4.51. The van der Waals surface area contributed by atoms with E-state index in [1.807, 2.05) is 0 Å². The lowest BCUT2D eigenvalue weighted by molar-refractivity contribution is -0.138. The van der Waals surface area contributed by atoms with E-state index in [0.29, 0.717) is 0 Å². The summed E-state index contributed by atoms with van der Waals surface area (Å²) < 4.78 is 4.86. The fourth-order valence-corrected chi connectivity index (χ4v) is 0.818. The minimum Gasteiger partial charge on any atom is -0.479 e. The maximum Gasteiger partial charge on any atom is 0.408 e. The number of amides is 2. The first-order chi connectivity index (χ1) is 7.61. The molecule has 0 unspecified atom stereocenters. The van der Waals surface area contributed by atoms with Gasteiger partial charge in [0.25, 0.3) is 0 Å². The molecule has 7 nitrogen and oxygen atoms in total. The minimum atomic E-state index is -1.36. The monoisotopic (exact) mass is 244 g/mol. The van der Waals surface area contributed by atoms with Gasteiger partial charge in [-0.25, -0.2) is 9.59 Å². The number of hydrogen-bond acceptors (Lipinski definition) is 4. The lowest BCUT2D eigenvalue weighted by Gasteiger charge is -2.20. The van der Waals surface area contributed by atoms with Crippen molar-refractivity contribution in [2.75, 3.05) is 0 Å². The number of carboxylic acids is 1. The molecule has 96 valence electrons. The zero-order valence-corrected chi connectivity index (χ0v) is 9.89. The van der Waals surface area contributed by atoms with Gasteiger partial charge in [-0.15, -0.1) is 0 Å². The van der Waals surface area contributed by atoms with Crippen molar-refractivity contribution >= 4 is 18.0 Å². The van der Waals surface area contributed by atoms with Crippen molar-refractivity contribution in [3.8, 4) is 0 Å². The molecule has 1 atom stereocenters. The van der Waals surface area contributed by atoms with Gasteiger partial charge in [-0.3, -0.25) is 4.79 Å². The number of nitrogens with two attached hydrogens (primary N) is 1. The summed E-state index contributed by atoms with van der Waals surface area (Å²) in [6, 6.07) is -1.36. The number of hydrogen-bond donors (Lipinski definition) is 3. The van der Waals surface area contributed by atoms with E-state index in [1.54, 1.807) is 20.8 Å². The molecule has 0 rings (SSSR count). The molecule has 7 heteroatoms. The second-order valence-electron chi connectivity index (χ2n) is 4.22. The van der Waals surface area contributed by atoms with Crippen molar-refractivity contribution in [2.24, 2.45) is 5.73 Å². The zero-order chi connectivity index (χ0) is 13.6. The molecule has 0 aromatic carbocycles. The summed E-state index contributed by atoms with van der Waals surface area (Å²) in [5.74, 6) is -2.13. The average Bonchev–Trinajstić information content (AvgIpc) is 2.08. The summed E-state index contributed by atoms with van der Waals surface area (Å²) in [5, 5.41) is 10.8. The van der Waals surface area contributed by atoms with E-state index in [9.17, 15) is 14.4 Å². The van der Waals surface area contributed by atoms with Crippen molar-refractivity contribution in [1.29, 1.82) is 0 Å². The van der Waals surface area contributed by atoms with E-state index in [2.05, 4.69) is 5.32 Å². The van der Waals surface area contributed by atoms with Crippen LogP contribution < -0.4 is 11.1 Å². The van der Waals surface area contributed by atoms with Crippen LogP contribution in [-0.2, 0) is 14.3 Å². The second kappa shape index (κ2) is 5.88. The van der Waals surface area contributed by atoms with Crippen molar-refractivity contribution < 1.29 is 24.2 Å². The number of alkyl carbamates (subject to hydrolysis) is 1. The fourth-order valence-electron chi connectivity index (χ4n) is 0.818. The Kier molecular flexibility index (Phi) is 5.17. The SMILES string of the molecule is CC(C)(C)OC(=O)N[C@@H](/C=C/C(N)=O)C(=O)O. The van der Waals surface area contributed by atoms with Crippen LogP contribution in [-0.4, -0.2) is 34.7 Å². The first kappa shape index (κ1) is 14.9. The van der Waals surface area contributed by atoms with E-state index in [0.717, 1.165) is 12.2 Å². The number of carboxylic acid groups (broad SMARTS) is 1. The maximum atomic E-state index is 11.3. The van der Waals surface area contributed by atoms with Crippen LogP contribution in [0.5, 0.6) is 0 Å². The maximum absolute atomic E-state index is 11.3. The fraction of sp³-hybridized carbons (Fsp3) is 0.500. The number of aliphatic carboxylic acids is 1. The van der Waals surface area contributed by atoms with E-state index in [4.69, 9.17) is 15.6 Å². The molecule has 0 aliphatic heterocycles. The normalized spacial score (nSPS) is 13.1. The molecule has 0 aromatic heterocycles. The summed E-state index contributed by atoms with van der Waals surface area (Å²) in [7, 11) is 0. The molecule has 0 spiro atoms. The van der Waals surface area contributed by atoms with Crippen molar-refractivity contribution in [2.45, 2.75) is 32.4 Å². The van der Waals surface area contributed by atoms with Crippen LogP contribution in [0.3, 0.4) is 0 Å². The van der Waals surface area contributed by atoms with Crippen LogP contribution in [0.4, 0.5) is 4.79 Å². The van der Waals surface area contributed by atoms with Crippen LogP contribution in [0.15, 0.2) is 12.2 Å². The number of primary amides is 1. The summed E-state index contributed by atoms with van der Waals surface area (Å²) in [6.07, 6.45) is 0.934. The number of ether oxygens (including phenoxy) is 1. The van der Waals surface area contributed by atoms with Gasteiger partial charge in [-0.05, 0) is 26.8 Å². The van der Waals surface area contributed by atoms with Crippen LogP contribution >= 0.6 is 0 Å². The largest absolute Gasteiger partial charge is 0.479 e. The Morgan fingerprint density at radius 2 is 1.88 bits per heavy atom. The van der Waals surface area contributed by atoms with Gasteiger partial charge in [0, 0.05) is 6.08 Å². The molecule has 0 aliphatic rings. The average molecular weight is 244 g/mol. The van der Waals surface area contributed by atoms with Gasteiger partial charge in [-0.1, -0.05) is 0 Å². The Labute approximate surface area is 98.6 Å². The molecule has 0 bridgehead atoms. The van der Waals surface area contributed by atoms with Crippen LogP contribution in [0.25, 0.3) is 0 Å². The Hall–Kier alpha value is -2.05. The van der Waals surface area contributed by atoms with Crippen LogP contribution in [0.1, 0.15) is 20.8 Å². The topological polar surface area (TPSA) is 119 Å². The Morgan fingerprint density at radius 1 is 1.35 bits per heavy atom. The minimum absolute atomic E-state index is 0.736. The molecule has 0 radical (unpaired) electrons. The number of rotatable bonds is 4. The molecule has 4 N–H and O–H groups in total. The smallest absolute Gasteiger partial charge is 0.408 e. The molecule has 0 heterocycles. The highest BCUT2D eigenvalue weighted by Crippen LogP contribution is 2.06. The van der Waals surface area contributed by atoms with Crippen molar-refractivity contribution in [3.63, 3.8) is 0 Å². The highest BCUT2D eigenvalue weighted by molar-refractivity contribution is 5.88. The Morgan fingerprint density at radius 3 is 2.24 bits per heavy atom. The van der Waals surface area contributed by atoms with E-state index in [-0.39, 0.29) is 0 Å². The molecular weight excluding hydrogens is 228 g/mol. The molecule has 0 saturated heterocycles. The lowest BCUT2D eigenvalue weighted by atomic mass is 10.2. The quantitative estimate of drug-likeness (QED) is 0.602. The van der Waals surface area contributed by atoms with Crippen molar-refractivity contribution in [3.05, 3.63) is 12.2 Å². The standard InChI is InChI=1S/C10H16N2O5/c1-10(2,3)17-9(16)12-6(8(14)15)4-5-7(11)13/h4-6H,1-3H3,(H2,11,13)(H,12,16)(H,14,15)/b5-4+/t6-/m0/s1. The number of carbonyl (C=O) groups excluding carboxylic acids is 2. The van der Waals surface area contributed by atoms with E-state index >= 15 is 0 Å².